The van der Waals surface area contributed by atoms with Gasteiger partial charge >= 0.3 is 14.2 Å². The van der Waals surface area contributed by atoms with E-state index < -0.39 is 20.0 Å². The lowest BCUT2D eigenvalue weighted by atomic mass is 9.83. The molecule has 0 unspecified atom stereocenters. The van der Waals surface area contributed by atoms with Crippen LogP contribution < -0.4 is 9.44 Å². The van der Waals surface area contributed by atoms with Crippen molar-refractivity contribution in [1.82, 2.24) is 13.7 Å². The Kier molecular flexibility index (Phi) is 22.8. The maximum Gasteiger partial charge on any atom is 0.487 e. The number of fused-ring (bicyclic) bond motifs is 8. The fraction of sp³-hybridized carbons (Fsp3) is 0.271. The molecule has 2 fully saturated rings. The van der Waals surface area contributed by atoms with Crippen LogP contribution in [0.2, 0.25) is 0 Å². The van der Waals surface area contributed by atoms with E-state index in [-0.39, 0.29) is 36.6 Å². The predicted molar refractivity (Wildman–Crippen MR) is 472 cm³/mol. The Labute approximate surface area is 680 Å². The summed E-state index contributed by atoms with van der Waals surface area (Å²) in [5, 5.41) is 0. The van der Waals surface area contributed by atoms with Gasteiger partial charge in [0.25, 0.3) is 0 Å². The van der Waals surface area contributed by atoms with Gasteiger partial charge in [-0.1, -0.05) is 152 Å². The van der Waals surface area contributed by atoms with Crippen molar-refractivity contribution in [3.05, 3.63) is 352 Å². The van der Waals surface area contributed by atoms with Gasteiger partial charge in [-0.25, -0.2) is 26.0 Å². The number of anilines is 2. The molecule has 0 bridgehead atoms. The molecule has 15 nitrogen and oxygen atoms in total. The lowest BCUT2D eigenvalue weighted by Crippen LogP contribution is -2.41. The van der Waals surface area contributed by atoms with Crippen LogP contribution in [0.3, 0.4) is 0 Å². The number of aryl methyl sites for hydroxylation is 6. The van der Waals surface area contributed by atoms with E-state index in [1.165, 1.54) is 106 Å². The van der Waals surface area contributed by atoms with E-state index in [1.807, 2.05) is 36.4 Å². The van der Waals surface area contributed by atoms with E-state index in [1.54, 1.807) is 12.1 Å². The Morgan fingerprint density at radius 3 is 1.24 bits per heavy atom. The summed E-state index contributed by atoms with van der Waals surface area (Å²) in [5.74, 6) is 4.29. The van der Waals surface area contributed by atoms with Gasteiger partial charge in [0.2, 0.25) is 25.8 Å². The zero-order chi connectivity index (χ0) is 80.4. The molecule has 0 atom stereocenters. The highest BCUT2D eigenvalue weighted by Gasteiger charge is 2.52. The summed E-state index contributed by atoms with van der Waals surface area (Å²) in [6, 6.07) is 70.7. The molecule has 0 saturated carbocycles. The first-order valence-corrected chi connectivity index (χ1v) is 43.8. The van der Waals surface area contributed by atoms with Gasteiger partial charge in [0, 0.05) is 102 Å². The molecule has 586 valence electrons. The molecule has 12 heterocycles. The van der Waals surface area contributed by atoms with Crippen molar-refractivity contribution < 1.29 is 44.6 Å². The highest BCUT2D eigenvalue weighted by atomic mass is 32.2. The molecule has 115 heavy (non-hydrogen) atoms. The number of hydrogen-bond acceptors (Lipinski definition) is 8. The average Bonchev–Trinajstić information content (AvgIpc) is 1.58. The fourth-order valence-corrected chi connectivity index (χ4v) is 17.6. The van der Waals surface area contributed by atoms with Gasteiger partial charge in [-0.2, -0.15) is 0 Å². The van der Waals surface area contributed by atoms with E-state index in [0.29, 0.717) is 11.4 Å². The van der Waals surface area contributed by atoms with E-state index in [0.717, 1.165) is 107 Å². The van der Waals surface area contributed by atoms with Crippen molar-refractivity contribution in [2.75, 3.05) is 41.6 Å². The van der Waals surface area contributed by atoms with Crippen molar-refractivity contribution in [2.45, 2.75) is 136 Å². The van der Waals surface area contributed by atoms with E-state index in [4.69, 9.17) is 18.6 Å². The van der Waals surface area contributed by atoms with Gasteiger partial charge in [-0.05, 0) is 249 Å². The Morgan fingerprint density at radius 2 is 0.800 bits per heavy atom. The Balaban J connectivity index is 0.000000114. The van der Waals surface area contributed by atoms with Gasteiger partial charge in [-0.3, -0.25) is 9.44 Å². The Hall–Kier alpha value is -10.6. The third-order valence-corrected chi connectivity index (χ3v) is 24.9. The number of benzene rings is 7. The van der Waals surface area contributed by atoms with Crippen molar-refractivity contribution >= 4 is 97.1 Å². The molecule has 2 N–H and O–H groups in total. The Morgan fingerprint density at radius 1 is 0.426 bits per heavy atom. The van der Waals surface area contributed by atoms with Crippen LogP contribution >= 0.6 is 0 Å². The maximum absolute atomic E-state index is 11.5. The van der Waals surface area contributed by atoms with Crippen molar-refractivity contribution in [2.24, 2.45) is 0 Å². The molecular weight excluding hydrogens is 1460 g/mol. The van der Waals surface area contributed by atoms with Gasteiger partial charge < -0.3 is 32.3 Å². The standard InChI is InChI=1S/C21H21N2O2S.C21H20N2O2S.2C20H24BNO2.C14H14N/c2*1-26(24,25)22-18-8-4-6-16(14-18)15-20-19-9-3-2-7-17(19)11-13-23-12-5-10-21(20)23;2*1-19(2)20(3,4)24-21(23-19)14-17-16-9-6-5-8-15(16)11-13-22-12-7-10-18(17)22;1-11-13-6-3-2-5-12(13)8-10-15-9-4-7-14(11)15/h2-9,12,14-15,22H,10-11,13H2,1H3;2-10,12,14-15,22H,11,13H2,1H3;2*5-10,12,14H,11,13H2,1-4H3;2-7H,1,8-10H2/q+1;;;;+1/b20-15-;20-15+;17-14+;17-14-;. The average molecular weight is 1570 g/mol. The molecule has 0 radical (unpaired) electrons. The predicted octanol–water partition coefficient (Wildman–Crippen LogP) is 18.0. The van der Waals surface area contributed by atoms with Gasteiger partial charge in [0.15, 0.2) is 25.0 Å². The molecule has 3 aromatic heterocycles. The van der Waals surface area contributed by atoms with Crippen LogP contribution in [0.1, 0.15) is 146 Å². The molecule has 2 saturated heterocycles. The number of nitrogens with one attached hydrogen (secondary N) is 2. The zero-order valence-electron chi connectivity index (χ0n) is 67.6. The summed E-state index contributed by atoms with van der Waals surface area (Å²) in [6.45, 7) is 27.1. The van der Waals surface area contributed by atoms with Crippen molar-refractivity contribution in [1.29, 1.82) is 0 Å². The van der Waals surface area contributed by atoms with Crippen LogP contribution in [0, 0.1) is 0 Å². The molecule has 19 heteroatoms. The molecule has 9 aliphatic rings. The minimum atomic E-state index is -3.30. The molecular formula is C96H103B2N7O8S2+2. The second-order valence-electron chi connectivity index (χ2n) is 32.8. The normalized spacial score (nSPS) is 19.5. The minimum absolute atomic E-state index is 0.318. The summed E-state index contributed by atoms with van der Waals surface area (Å²) in [5.41, 5.74) is 27.2. The third-order valence-electron chi connectivity index (χ3n) is 23.7. The van der Waals surface area contributed by atoms with Gasteiger partial charge in [0.1, 0.15) is 6.54 Å². The van der Waals surface area contributed by atoms with Crippen LogP contribution in [-0.4, -0.2) is 120 Å². The number of allylic oxidation sites excluding steroid dienone is 4. The van der Waals surface area contributed by atoms with Crippen LogP contribution in [0.4, 0.5) is 11.4 Å². The van der Waals surface area contributed by atoms with E-state index >= 15 is 0 Å². The highest BCUT2D eigenvalue weighted by molar-refractivity contribution is 7.92. The summed E-state index contributed by atoms with van der Waals surface area (Å²) in [4.78, 5) is 0. The summed E-state index contributed by atoms with van der Waals surface area (Å²) < 4.78 is 87.6. The monoisotopic (exact) mass is 1570 g/mol. The molecule has 0 amide bonds. The molecule has 7 aromatic carbocycles. The molecule has 10 aromatic rings. The van der Waals surface area contributed by atoms with Gasteiger partial charge in [0.05, 0.1) is 41.3 Å². The first-order valence-electron chi connectivity index (χ1n) is 40.0. The van der Waals surface area contributed by atoms with E-state index in [9.17, 15) is 16.8 Å². The van der Waals surface area contributed by atoms with Gasteiger partial charge in [-0.15, -0.1) is 0 Å². The van der Waals surface area contributed by atoms with Crippen LogP contribution in [0.25, 0.3) is 40.0 Å². The summed E-state index contributed by atoms with van der Waals surface area (Å²) in [7, 11) is -7.25. The SMILES string of the molecule is C=C1C2=[N+](CC=C2)CCc2ccccc21.CC1(C)OB(/C=C2/c3ccccc3CCn3cccc32)OC1(C)C.CC1(C)OB(/C=C2\c3ccccc3CCn3cccc32)OC1(C)C.CS(=O)(=O)Nc1cccc(/C=C2\C3=[N+](C=CC3)CCc3ccccc32)c1.CS(=O)(=O)Nc1cccc(/C=C2\c3ccccc3CCn3cccc32)c1. The topological polar surface area (TPSA) is 150 Å². The highest BCUT2D eigenvalue weighted by Crippen LogP contribution is 2.43. The summed E-state index contributed by atoms with van der Waals surface area (Å²) >= 11 is 0. The number of sulfonamides is 2. The van der Waals surface area contributed by atoms with Crippen LogP contribution in [-0.2, 0) is 90.4 Å². The Bertz CT molecular complexity index is 5730. The molecule has 19 rings (SSSR count). The van der Waals surface area contributed by atoms with E-state index in [2.05, 4.69) is 319 Å². The lowest BCUT2D eigenvalue weighted by molar-refractivity contribution is -0.511. The molecule has 0 spiro atoms. The number of aromatic nitrogens is 3. The number of rotatable bonds is 8. The smallest absolute Gasteiger partial charge is 0.400 e. The summed E-state index contributed by atoms with van der Waals surface area (Å²) in [6.07, 6.45) is 27.9. The first kappa shape index (κ1) is 79.6. The van der Waals surface area contributed by atoms with Crippen molar-refractivity contribution in [3.63, 3.8) is 0 Å². The maximum atomic E-state index is 11.5. The van der Waals surface area contributed by atoms with Crippen LogP contribution in [0.15, 0.2) is 268 Å². The second-order valence-corrected chi connectivity index (χ2v) is 36.3. The minimum Gasteiger partial charge on any atom is -0.400 e. The lowest BCUT2D eigenvalue weighted by Gasteiger charge is -2.32. The van der Waals surface area contributed by atoms with Crippen molar-refractivity contribution in [3.8, 4) is 0 Å². The third kappa shape index (κ3) is 17.9. The second kappa shape index (κ2) is 32.9. The number of nitrogens with zero attached hydrogens (tertiary/aromatic N) is 5. The zero-order valence-corrected chi connectivity index (χ0v) is 69.3. The molecule has 0 aliphatic carbocycles. The molecule has 9 aliphatic heterocycles. The number of hydrogen-bond donors (Lipinski definition) is 2. The largest absolute Gasteiger partial charge is 0.487 e. The van der Waals surface area contributed by atoms with Crippen LogP contribution in [0.5, 0.6) is 0 Å². The quantitative estimate of drug-likeness (QED) is 0.113. The fourth-order valence-electron chi connectivity index (χ4n) is 16.5. The first-order chi connectivity index (χ1) is 55.1.